The number of benzene rings is 1. The van der Waals surface area contributed by atoms with Crippen LogP contribution in [0.2, 0.25) is 0 Å². The second kappa shape index (κ2) is 6.78. The number of rotatable bonds is 6. The smallest absolute Gasteiger partial charge is 0.290 e. The molecule has 0 unspecified atom stereocenters. The van der Waals surface area contributed by atoms with Gasteiger partial charge in [-0.15, -0.1) is 11.8 Å². The largest absolute Gasteiger partial charge is 0.449 e. The van der Waals surface area contributed by atoms with Gasteiger partial charge in [0.1, 0.15) is 5.82 Å². The standard InChI is InChI=1S/C12H12F4OS/c13-9-4-3-5-10(8-9)18-7-2-1-6-11(17)12(14,15)16/h3-5,8H,1-2,6-7H2. The molecule has 0 aromatic heterocycles. The minimum absolute atomic E-state index is 0.195. The van der Waals surface area contributed by atoms with Gasteiger partial charge in [-0.05, 0) is 36.8 Å². The van der Waals surface area contributed by atoms with Crippen LogP contribution < -0.4 is 0 Å². The predicted molar refractivity (Wildman–Crippen MR) is 62.0 cm³/mol. The molecular weight excluding hydrogens is 268 g/mol. The number of carbonyl (C=O) groups excluding carboxylic acids is 1. The van der Waals surface area contributed by atoms with E-state index in [-0.39, 0.29) is 12.2 Å². The van der Waals surface area contributed by atoms with Crippen LogP contribution in [0.4, 0.5) is 17.6 Å². The first-order chi connectivity index (χ1) is 8.39. The van der Waals surface area contributed by atoms with Gasteiger partial charge in [-0.1, -0.05) is 6.07 Å². The van der Waals surface area contributed by atoms with Crippen molar-refractivity contribution in [3.05, 3.63) is 30.1 Å². The number of halogens is 4. The quantitative estimate of drug-likeness (QED) is 0.441. The molecule has 18 heavy (non-hydrogen) atoms. The van der Waals surface area contributed by atoms with Gasteiger partial charge in [0.2, 0.25) is 5.78 Å². The fourth-order valence-corrected chi connectivity index (χ4v) is 2.23. The molecule has 0 aliphatic rings. The van der Waals surface area contributed by atoms with Crippen molar-refractivity contribution in [2.24, 2.45) is 0 Å². The maximum atomic E-state index is 12.8. The monoisotopic (exact) mass is 280 g/mol. The second-order valence-corrected chi connectivity index (χ2v) is 4.85. The van der Waals surface area contributed by atoms with Crippen molar-refractivity contribution in [3.63, 3.8) is 0 Å². The molecule has 0 heterocycles. The van der Waals surface area contributed by atoms with E-state index >= 15 is 0 Å². The summed E-state index contributed by atoms with van der Waals surface area (Å²) < 4.78 is 48.4. The average molecular weight is 280 g/mol. The zero-order chi connectivity index (χ0) is 13.6. The van der Waals surface area contributed by atoms with Crippen LogP contribution in [0.25, 0.3) is 0 Å². The molecule has 0 saturated carbocycles. The summed E-state index contributed by atoms with van der Waals surface area (Å²) in [5, 5.41) is 0. The molecule has 0 saturated heterocycles. The Bertz CT molecular complexity index is 403. The highest BCUT2D eigenvalue weighted by molar-refractivity contribution is 7.99. The van der Waals surface area contributed by atoms with Crippen LogP contribution in [-0.2, 0) is 4.79 Å². The first-order valence-corrected chi connectivity index (χ1v) is 6.36. The molecule has 1 rings (SSSR count). The SMILES string of the molecule is O=C(CCCCSc1cccc(F)c1)C(F)(F)F. The highest BCUT2D eigenvalue weighted by Crippen LogP contribution is 2.22. The third kappa shape index (κ3) is 5.53. The van der Waals surface area contributed by atoms with E-state index in [9.17, 15) is 22.4 Å². The first-order valence-electron chi connectivity index (χ1n) is 5.38. The van der Waals surface area contributed by atoms with E-state index in [1.54, 1.807) is 12.1 Å². The summed E-state index contributed by atoms with van der Waals surface area (Å²) in [6.45, 7) is 0. The Hall–Kier alpha value is -1.04. The van der Waals surface area contributed by atoms with Gasteiger partial charge in [-0.25, -0.2) is 4.39 Å². The molecule has 0 aliphatic heterocycles. The van der Waals surface area contributed by atoms with E-state index in [1.165, 1.54) is 23.9 Å². The molecule has 0 N–H and O–H groups in total. The third-order valence-corrected chi connectivity index (χ3v) is 3.26. The predicted octanol–water partition coefficient (Wildman–Crippen LogP) is 4.22. The van der Waals surface area contributed by atoms with Crippen LogP contribution in [0.1, 0.15) is 19.3 Å². The molecule has 100 valence electrons. The Morgan fingerprint density at radius 3 is 2.56 bits per heavy atom. The molecule has 0 bridgehead atoms. The van der Waals surface area contributed by atoms with Crippen molar-refractivity contribution in [2.75, 3.05) is 5.75 Å². The van der Waals surface area contributed by atoms with E-state index in [0.717, 1.165) is 4.90 Å². The summed E-state index contributed by atoms with van der Waals surface area (Å²) in [7, 11) is 0. The van der Waals surface area contributed by atoms with Crippen LogP contribution in [0.3, 0.4) is 0 Å². The molecule has 1 nitrogen and oxygen atoms in total. The molecule has 0 aliphatic carbocycles. The van der Waals surface area contributed by atoms with Gasteiger partial charge in [0, 0.05) is 11.3 Å². The van der Waals surface area contributed by atoms with Gasteiger partial charge in [-0.2, -0.15) is 13.2 Å². The van der Waals surface area contributed by atoms with Crippen LogP contribution in [0.15, 0.2) is 29.2 Å². The highest BCUT2D eigenvalue weighted by Gasteiger charge is 2.36. The van der Waals surface area contributed by atoms with E-state index in [2.05, 4.69) is 0 Å². The molecular formula is C12H12F4OS. The van der Waals surface area contributed by atoms with Gasteiger partial charge < -0.3 is 0 Å². The number of hydrogen-bond donors (Lipinski definition) is 0. The Kier molecular flexibility index (Phi) is 5.65. The fraction of sp³-hybridized carbons (Fsp3) is 0.417. The zero-order valence-electron chi connectivity index (χ0n) is 9.47. The molecule has 1 aromatic rings. The fourth-order valence-electron chi connectivity index (χ4n) is 1.28. The molecule has 0 fully saturated rings. The highest BCUT2D eigenvalue weighted by atomic mass is 32.2. The van der Waals surface area contributed by atoms with Crippen molar-refractivity contribution in [2.45, 2.75) is 30.3 Å². The van der Waals surface area contributed by atoms with Gasteiger partial charge in [0.25, 0.3) is 0 Å². The Labute approximate surface area is 107 Å². The molecule has 0 radical (unpaired) electrons. The summed E-state index contributed by atoms with van der Waals surface area (Å²) in [5.41, 5.74) is 0. The Balaban J connectivity index is 2.18. The summed E-state index contributed by atoms with van der Waals surface area (Å²) in [5.74, 6) is -1.46. The number of hydrogen-bond acceptors (Lipinski definition) is 2. The van der Waals surface area contributed by atoms with Crippen molar-refractivity contribution in [1.29, 1.82) is 0 Å². The number of alkyl halides is 3. The summed E-state index contributed by atoms with van der Waals surface area (Å²) in [4.78, 5) is 11.3. The number of carbonyl (C=O) groups is 1. The van der Waals surface area contributed by atoms with E-state index in [0.29, 0.717) is 12.2 Å². The molecule has 6 heteroatoms. The van der Waals surface area contributed by atoms with E-state index in [4.69, 9.17) is 0 Å². The van der Waals surface area contributed by atoms with Crippen molar-refractivity contribution in [1.82, 2.24) is 0 Å². The number of ketones is 1. The van der Waals surface area contributed by atoms with Crippen LogP contribution >= 0.6 is 11.8 Å². The van der Waals surface area contributed by atoms with Crippen molar-refractivity contribution in [3.8, 4) is 0 Å². The van der Waals surface area contributed by atoms with Crippen molar-refractivity contribution < 1.29 is 22.4 Å². The number of thioether (sulfide) groups is 1. The summed E-state index contributed by atoms with van der Waals surface area (Å²) in [6.07, 6.45) is -4.52. The number of unbranched alkanes of at least 4 members (excludes halogenated alkanes) is 1. The van der Waals surface area contributed by atoms with Gasteiger partial charge >= 0.3 is 6.18 Å². The lowest BCUT2D eigenvalue weighted by molar-refractivity contribution is -0.171. The lowest BCUT2D eigenvalue weighted by atomic mass is 10.2. The van der Waals surface area contributed by atoms with Crippen LogP contribution in [-0.4, -0.2) is 17.7 Å². The molecule has 0 atom stereocenters. The summed E-state index contributed by atoms with van der Waals surface area (Å²) >= 11 is 1.36. The Morgan fingerprint density at radius 2 is 1.94 bits per heavy atom. The van der Waals surface area contributed by atoms with Crippen LogP contribution in [0, 0.1) is 5.82 Å². The molecule has 0 amide bonds. The minimum Gasteiger partial charge on any atom is -0.290 e. The first kappa shape index (κ1) is 15.0. The zero-order valence-corrected chi connectivity index (χ0v) is 10.3. The topological polar surface area (TPSA) is 17.1 Å². The van der Waals surface area contributed by atoms with E-state index in [1.807, 2.05) is 0 Å². The molecule has 0 spiro atoms. The molecule has 1 aromatic carbocycles. The lowest BCUT2D eigenvalue weighted by Crippen LogP contribution is -2.22. The van der Waals surface area contributed by atoms with Gasteiger partial charge in [0.05, 0.1) is 0 Å². The van der Waals surface area contributed by atoms with Crippen LogP contribution in [0.5, 0.6) is 0 Å². The van der Waals surface area contributed by atoms with E-state index < -0.39 is 18.4 Å². The second-order valence-electron chi connectivity index (χ2n) is 3.68. The summed E-state index contributed by atoms with van der Waals surface area (Å²) in [6, 6.07) is 6.00. The van der Waals surface area contributed by atoms with Gasteiger partial charge in [0.15, 0.2) is 0 Å². The normalized spacial score (nSPS) is 11.6. The lowest BCUT2D eigenvalue weighted by Gasteiger charge is -2.05. The Morgan fingerprint density at radius 1 is 1.22 bits per heavy atom. The minimum atomic E-state index is -4.73. The van der Waals surface area contributed by atoms with Gasteiger partial charge in [-0.3, -0.25) is 4.79 Å². The third-order valence-electron chi connectivity index (χ3n) is 2.18. The number of Topliss-reactive ketones (excluding diaryl/α,β-unsaturated/α-hetero) is 1. The van der Waals surface area contributed by atoms with Crippen molar-refractivity contribution >= 4 is 17.5 Å². The average Bonchev–Trinajstić information content (AvgIpc) is 2.27. The maximum Gasteiger partial charge on any atom is 0.449 e. The maximum absolute atomic E-state index is 12.8.